The van der Waals surface area contributed by atoms with Crippen molar-refractivity contribution in [3.8, 4) is 5.75 Å². The SMILES string of the molecule is COc1ccccc1CN(CC(=O)O)Cc1cccnc1. The van der Waals surface area contributed by atoms with Gasteiger partial charge in [0.15, 0.2) is 0 Å². The summed E-state index contributed by atoms with van der Waals surface area (Å²) in [5.74, 6) is -0.0899. The molecule has 0 saturated carbocycles. The maximum absolute atomic E-state index is 11.1. The number of hydrogen-bond donors (Lipinski definition) is 1. The van der Waals surface area contributed by atoms with E-state index in [1.165, 1.54) is 0 Å². The third kappa shape index (κ3) is 4.57. The van der Waals surface area contributed by atoms with Crippen LogP contribution >= 0.6 is 0 Å². The number of carboxylic acids is 1. The molecule has 1 N–H and O–H groups in total. The number of hydrogen-bond acceptors (Lipinski definition) is 4. The normalized spacial score (nSPS) is 10.6. The van der Waals surface area contributed by atoms with Gasteiger partial charge in [-0.15, -0.1) is 0 Å². The molecule has 0 radical (unpaired) electrons. The van der Waals surface area contributed by atoms with Crippen molar-refractivity contribution < 1.29 is 14.6 Å². The molecule has 0 unspecified atom stereocenters. The van der Waals surface area contributed by atoms with Gasteiger partial charge < -0.3 is 9.84 Å². The van der Waals surface area contributed by atoms with Gasteiger partial charge in [-0.1, -0.05) is 24.3 Å². The van der Waals surface area contributed by atoms with Crippen molar-refractivity contribution in [3.05, 3.63) is 59.9 Å². The molecule has 0 bridgehead atoms. The first-order valence-electron chi connectivity index (χ1n) is 6.64. The number of benzene rings is 1. The topological polar surface area (TPSA) is 62.7 Å². The van der Waals surface area contributed by atoms with Gasteiger partial charge in [0.25, 0.3) is 0 Å². The second-order valence-electron chi connectivity index (χ2n) is 4.71. The van der Waals surface area contributed by atoms with Gasteiger partial charge in [-0.2, -0.15) is 0 Å². The highest BCUT2D eigenvalue weighted by Crippen LogP contribution is 2.20. The van der Waals surface area contributed by atoms with Crippen molar-refractivity contribution in [1.29, 1.82) is 0 Å². The van der Waals surface area contributed by atoms with Crippen LogP contribution in [0.25, 0.3) is 0 Å². The number of methoxy groups -OCH3 is 1. The van der Waals surface area contributed by atoms with Gasteiger partial charge in [0.2, 0.25) is 0 Å². The minimum Gasteiger partial charge on any atom is -0.496 e. The van der Waals surface area contributed by atoms with Crippen molar-refractivity contribution >= 4 is 5.97 Å². The van der Waals surface area contributed by atoms with Crippen molar-refractivity contribution in [1.82, 2.24) is 9.88 Å². The van der Waals surface area contributed by atoms with E-state index in [1.807, 2.05) is 41.3 Å². The van der Waals surface area contributed by atoms with E-state index in [4.69, 9.17) is 9.84 Å². The fourth-order valence-electron chi connectivity index (χ4n) is 2.18. The average molecular weight is 286 g/mol. The lowest BCUT2D eigenvalue weighted by atomic mass is 10.1. The third-order valence-corrected chi connectivity index (χ3v) is 3.07. The Morgan fingerprint density at radius 1 is 1.24 bits per heavy atom. The highest BCUT2D eigenvalue weighted by atomic mass is 16.5. The lowest BCUT2D eigenvalue weighted by Crippen LogP contribution is -2.29. The molecule has 0 saturated heterocycles. The number of nitrogens with zero attached hydrogens (tertiary/aromatic N) is 2. The first-order chi connectivity index (χ1) is 10.2. The first kappa shape index (κ1) is 15.0. The molecule has 0 aliphatic carbocycles. The maximum atomic E-state index is 11.1. The van der Waals surface area contributed by atoms with E-state index in [0.29, 0.717) is 13.1 Å². The Morgan fingerprint density at radius 2 is 2.05 bits per heavy atom. The molecule has 21 heavy (non-hydrogen) atoms. The van der Waals surface area contributed by atoms with Gasteiger partial charge >= 0.3 is 5.97 Å². The van der Waals surface area contributed by atoms with E-state index in [9.17, 15) is 4.79 Å². The smallest absolute Gasteiger partial charge is 0.317 e. The van der Waals surface area contributed by atoms with Crippen LogP contribution in [0.4, 0.5) is 0 Å². The zero-order chi connectivity index (χ0) is 15.1. The molecule has 1 heterocycles. The van der Waals surface area contributed by atoms with E-state index in [2.05, 4.69) is 4.98 Å². The molecular weight excluding hydrogens is 268 g/mol. The number of para-hydroxylation sites is 1. The predicted octanol–water partition coefficient (Wildman–Crippen LogP) is 2.18. The number of pyridine rings is 1. The molecule has 1 aromatic carbocycles. The summed E-state index contributed by atoms with van der Waals surface area (Å²) in [7, 11) is 1.61. The number of aliphatic carboxylic acids is 1. The molecule has 0 aliphatic rings. The molecule has 2 rings (SSSR count). The van der Waals surface area contributed by atoms with E-state index in [-0.39, 0.29) is 6.54 Å². The van der Waals surface area contributed by atoms with E-state index < -0.39 is 5.97 Å². The van der Waals surface area contributed by atoms with Crippen LogP contribution in [0, 0.1) is 0 Å². The Balaban J connectivity index is 2.14. The van der Waals surface area contributed by atoms with Crippen molar-refractivity contribution in [2.75, 3.05) is 13.7 Å². The fraction of sp³-hybridized carbons (Fsp3) is 0.250. The molecule has 2 aromatic rings. The molecule has 5 heteroatoms. The highest BCUT2D eigenvalue weighted by molar-refractivity contribution is 5.69. The number of ether oxygens (including phenoxy) is 1. The van der Waals surface area contributed by atoms with E-state index in [0.717, 1.165) is 16.9 Å². The van der Waals surface area contributed by atoms with Crippen molar-refractivity contribution in [3.63, 3.8) is 0 Å². The number of carboxylic acid groups (broad SMARTS) is 1. The Morgan fingerprint density at radius 3 is 2.71 bits per heavy atom. The molecule has 110 valence electrons. The largest absolute Gasteiger partial charge is 0.496 e. The standard InChI is InChI=1S/C16H18N2O3/c1-21-15-7-3-2-6-14(15)11-18(12-16(19)20)10-13-5-4-8-17-9-13/h2-9H,10-12H2,1H3,(H,19,20). The Labute approximate surface area is 123 Å². The van der Waals surface area contributed by atoms with Crippen molar-refractivity contribution in [2.24, 2.45) is 0 Å². The highest BCUT2D eigenvalue weighted by Gasteiger charge is 2.13. The summed E-state index contributed by atoms with van der Waals surface area (Å²) >= 11 is 0. The predicted molar refractivity (Wildman–Crippen MR) is 79.0 cm³/mol. The quantitative estimate of drug-likeness (QED) is 0.845. The Hall–Kier alpha value is -2.40. The van der Waals surface area contributed by atoms with Crippen LogP contribution in [-0.2, 0) is 17.9 Å². The minimum atomic E-state index is -0.853. The second-order valence-corrected chi connectivity index (χ2v) is 4.71. The van der Waals surface area contributed by atoms with Gasteiger partial charge in [0, 0.05) is 31.0 Å². The van der Waals surface area contributed by atoms with Crippen LogP contribution in [0.15, 0.2) is 48.8 Å². The summed E-state index contributed by atoms with van der Waals surface area (Å²) in [6, 6.07) is 11.4. The summed E-state index contributed by atoms with van der Waals surface area (Å²) in [5.41, 5.74) is 1.94. The Bertz CT molecular complexity index is 587. The van der Waals surface area contributed by atoms with Gasteiger partial charge in [-0.3, -0.25) is 14.7 Å². The summed E-state index contributed by atoms with van der Waals surface area (Å²) in [6.45, 7) is 0.996. The van der Waals surface area contributed by atoms with Crippen molar-refractivity contribution in [2.45, 2.75) is 13.1 Å². The summed E-state index contributed by atoms with van der Waals surface area (Å²) in [5, 5.41) is 9.08. The van der Waals surface area contributed by atoms with Crippen LogP contribution in [0.1, 0.15) is 11.1 Å². The summed E-state index contributed by atoms with van der Waals surface area (Å²) < 4.78 is 5.31. The minimum absolute atomic E-state index is 0.0348. The van der Waals surface area contributed by atoms with Gasteiger partial charge in [-0.05, 0) is 17.7 Å². The summed E-state index contributed by atoms with van der Waals surface area (Å²) in [4.78, 5) is 17.0. The van der Waals surface area contributed by atoms with E-state index >= 15 is 0 Å². The molecule has 0 aliphatic heterocycles. The van der Waals surface area contributed by atoms with E-state index in [1.54, 1.807) is 19.5 Å². The molecule has 1 aromatic heterocycles. The molecule has 5 nitrogen and oxygen atoms in total. The van der Waals surface area contributed by atoms with Gasteiger partial charge in [0.1, 0.15) is 5.75 Å². The van der Waals surface area contributed by atoms with Crippen LogP contribution in [0.3, 0.4) is 0 Å². The summed E-state index contributed by atoms with van der Waals surface area (Å²) in [6.07, 6.45) is 3.45. The third-order valence-electron chi connectivity index (χ3n) is 3.07. The zero-order valence-electron chi connectivity index (χ0n) is 11.9. The number of carbonyl (C=O) groups is 1. The lowest BCUT2D eigenvalue weighted by molar-refractivity contribution is -0.138. The molecule has 0 spiro atoms. The Kier molecular flexibility index (Phi) is 5.29. The number of rotatable bonds is 7. The van der Waals surface area contributed by atoms with Crippen LogP contribution < -0.4 is 4.74 Å². The van der Waals surface area contributed by atoms with Crippen LogP contribution in [0.5, 0.6) is 5.75 Å². The average Bonchev–Trinajstić information content (AvgIpc) is 2.48. The lowest BCUT2D eigenvalue weighted by Gasteiger charge is -2.21. The number of aromatic nitrogens is 1. The van der Waals surface area contributed by atoms with Crippen LogP contribution in [-0.4, -0.2) is 34.6 Å². The molecule has 0 amide bonds. The van der Waals surface area contributed by atoms with Crippen LogP contribution in [0.2, 0.25) is 0 Å². The zero-order valence-corrected chi connectivity index (χ0v) is 11.9. The fourth-order valence-corrected chi connectivity index (χ4v) is 2.18. The second kappa shape index (κ2) is 7.40. The molecular formula is C16H18N2O3. The van der Waals surface area contributed by atoms with Gasteiger partial charge in [-0.25, -0.2) is 0 Å². The maximum Gasteiger partial charge on any atom is 0.317 e. The molecule has 0 atom stereocenters. The monoisotopic (exact) mass is 286 g/mol. The first-order valence-corrected chi connectivity index (χ1v) is 6.64. The molecule has 0 fully saturated rings. The van der Waals surface area contributed by atoms with Gasteiger partial charge in [0.05, 0.1) is 13.7 Å².